The molecule has 5 nitrogen and oxygen atoms in total. The molecule has 2 atom stereocenters. The number of nitrogens with zero attached hydrogens (tertiary/aromatic N) is 3. The Balaban J connectivity index is 1.48. The average Bonchev–Trinajstić information content (AvgIpc) is 3.05. The van der Waals surface area contributed by atoms with Gasteiger partial charge in [-0.3, -0.25) is 9.89 Å². The number of ether oxygens (including phenoxy) is 1. The Labute approximate surface area is 153 Å². The van der Waals surface area contributed by atoms with Crippen LogP contribution in [0.3, 0.4) is 0 Å². The third-order valence-corrected chi connectivity index (χ3v) is 5.38. The van der Waals surface area contributed by atoms with Crippen LogP contribution in [0.1, 0.15) is 18.4 Å². The van der Waals surface area contributed by atoms with Crippen molar-refractivity contribution in [1.82, 2.24) is 15.1 Å². The number of benzene rings is 1. The Morgan fingerprint density at radius 2 is 2.21 bits per heavy atom. The zero-order valence-corrected chi connectivity index (χ0v) is 16.1. The molecule has 6 heteroatoms. The number of fused-ring (bicyclic) bond motifs is 1. The first-order chi connectivity index (χ1) is 11.7. The van der Waals surface area contributed by atoms with Gasteiger partial charge >= 0.3 is 0 Å². The number of hydrogen-bond acceptors (Lipinski definition) is 3. The molecule has 2 unspecified atom stereocenters. The maximum Gasteiger partial charge on any atom is 0.193 e. The Hall–Kier alpha value is -1.11. The molecule has 132 valence electrons. The molecule has 0 amide bonds. The fourth-order valence-corrected chi connectivity index (χ4v) is 3.80. The van der Waals surface area contributed by atoms with Gasteiger partial charge in [-0.1, -0.05) is 28.1 Å². The monoisotopic (exact) mass is 394 g/mol. The van der Waals surface area contributed by atoms with E-state index in [0.29, 0.717) is 6.04 Å². The maximum absolute atomic E-state index is 6.02. The zero-order chi connectivity index (χ0) is 16.9. The van der Waals surface area contributed by atoms with Crippen LogP contribution in [0.5, 0.6) is 0 Å². The molecule has 2 fully saturated rings. The average molecular weight is 395 g/mol. The van der Waals surface area contributed by atoms with Crippen molar-refractivity contribution >= 4 is 21.9 Å². The summed E-state index contributed by atoms with van der Waals surface area (Å²) in [5, 5.41) is 3.47. The van der Waals surface area contributed by atoms with Gasteiger partial charge in [0.2, 0.25) is 0 Å². The van der Waals surface area contributed by atoms with E-state index in [-0.39, 0.29) is 6.10 Å². The summed E-state index contributed by atoms with van der Waals surface area (Å²) >= 11 is 3.47. The van der Waals surface area contributed by atoms with Gasteiger partial charge in [-0.25, -0.2) is 0 Å². The summed E-state index contributed by atoms with van der Waals surface area (Å²) in [5.41, 5.74) is 1.26. The first kappa shape index (κ1) is 17.7. The van der Waals surface area contributed by atoms with E-state index in [4.69, 9.17) is 4.74 Å². The van der Waals surface area contributed by atoms with E-state index >= 15 is 0 Å². The minimum atomic E-state index is 0.247. The van der Waals surface area contributed by atoms with Crippen LogP contribution < -0.4 is 5.32 Å². The van der Waals surface area contributed by atoms with Crippen molar-refractivity contribution in [1.29, 1.82) is 0 Å². The standard InChI is InChI=1S/C18H27BrN4O/c1-20-18(22(2)11-14-5-7-15(19)8-6-14)21-10-17-12-23-9-3-4-16(23)13-24-17/h5-8,16-17H,3-4,9-13H2,1-2H3,(H,20,21). The summed E-state index contributed by atoms with van der Waals surface area (Å²) < 4.78 is 7.12. The molecule has 2 saturated heterocycles. The van der Waals surface area contributed by atoms with Gasteiger partial charge in [0.25, 0.3) is 0 Å². The van der Waals surface area contributed by atoms with Crippen LogP contribution >= 0.6 is 15.9 Å². The van der Waals surface area contributed by atoms with Gasteiger partial charge in [-0.05, 0) is 37.1 Å². The molecule has 2 heterocycles. The Kier molecular flexibility index (Phi) is 6.14. The van der Waals surface area contributed by atoms with Crippen LogP contribution in [-0.2, 0) is 11.3 Å². The van der Waals surface area contributed by atoms with Crippen molar-refractivity contribution < 1.29 is 4.74 Å². The van der Waals surface area contributed by atoms with E-state index in [1.807, 2.05) is 7.05 Å². The highest BCUT2D eigenvalue weighted by Crippen LogP contribution is 2.22. The molecule has 0 saturated carbocycles. The van der Waals surface area contributed by atoms with Gasteiger partial charge in [0.15, 0.2) is 5.96 Å². The lowest BCUT2D eigenvalue weighted by Gasteiger charge is -2.35. The van der Waals surface area contributed by atoms with Crippen LogP contribution in [0.4, 0.5) is 0 Å². The highest BCUT2D eigenvalue weighted by atomic mass is 79.9. The molecule has 1 N–H and O–H groups in total. The largest absolute Gasteiger partial charge is 0.373 e. The number of aliphatic imine (C=N–C) groups is 1. The van der Waals surface area contributed by atoms with Gasteiger partial charge in [0, 0.05) is 44.2 Å². The Morgan fingerprint density at radius 1 is 1.42 bits per heavy atom. The van der Waals surface area contributed by atoms with E-state index in [9.17, 15) is 0 Å². The molecular weight excluding hydrogens is 368 g/mol. The third kappa shape index (κ3) is 4.49. The smallest absolute Gasteiger partial charge is 0.193 e. The SMILES string of the molecule is CN=C(NCC1CN2CCCC2CO1)N(C)Cc1ccc(Br)cc1. The van der Waals surface area contributed by atoms with E-state index in [0.717, 1.165) is 36.7 Å². The summed E-state index contributed by atoms with van der Waals surface area (Å²) in [6.45, 7) is 4.76. The number of hydrogen-bond donors (Lipinski definition) is 1. The number of guanidine groups is 1. The molecule has 1 aromatic rings. The first-order valence-corrected chi connectivity index (χ1v) is 9.47. The van der Waals surface area contributed by atoms with Crippen molar-refractivity contribution in [3.05, 3.63) is 34.3 Å². The van der Waals surface area contributed by atoms with Crippen LogP contribution in [0.25, 0.3) is 0 Å². The summed E-state index contributed by atoms with van der Waals surface area (Å²) in [4.78, 5) is 9.12. The van der Waals surface area contributed by atoms with Crippen LogP contribution in [-0.4, -0.2) is 68.2 Å². The lowest BCUT2D eigenvalue weighted by Crippen LogP contribution is -2.51. The number of halogens is 1. The summed E-state index contributed by atoms with van der Waals surface area (Å²) in [7, 11) is 3.90. The van der Waals surface area contributed by atoms with E-state index in [1.54, 1.807) is 0 Å². The van der Waals surface area contributed by atoms with Crippen molar-refractivity contribution in [3.8, 4) is 0 Å². The minimum Gasteiger partial charge on any atom is -0.373 e. The predicted octanol–water partition coefficient (Wildman–Crippen LogP) is 2.32. The van der Waals surface area contributed by atoms with Crippen LogP contribution in [0.2, 0.25) is 0 Å². The lowest BCUT2D eigenvalue weighted by molar-refractivity contribution is -0.0454. The van der Waals surface area contributed by atoms with Gasteiger partial charge in [-0.2, -0.15) is 0 Å². The lowest BCUT2D eigenvalue weighted by atomic mass is 10.2. The minimum absolute atomic E-state index is 0.247. The van der Waals surface area contributed by atoms with Gasteiger partial charge in [0.05, 0.1) is 12.7 Å². The first-order valence-electron chi connectivity index (χ1n) is 8.67. The molecular formula is C18H27BrN4O. The summed E-state index contributed by atoms with van der Waals surface area (Å²) in [6, 6.07) is 9.06. The van der Waals surface area contributed by atoms with Crippen molar-refractivity contribution in [3.63, 3.8) is 0 Å². The molecule has 3 rings (SSSR count). The highest BCUT2D eigenvalue weighted by Gasteiger charge is 2.32. The molecule has 2 aliphatic rings. The molecule has 0 aromatic heterocycles. The Bertz CT molecular complexity index is 563. The molecule has 1 aromatic carbocycles. The second-order valence-electron chi connectivity index (χ2n) is 6.66. The normalized spacial score (nSPS) is 24.7. The molecule has 0 radical (unpaired) electrons. The topological polar surface area (TPSA) is 40.1 Å². The fourth-order valence-electron chi connectivity index (χ4n) is 3.54. The van der Waals surface area contributed by atoms with Crippen molar-refractivity contribution in [2.75, 3.05) is 40.3 Å². The molecule has 2 aliphatic heterocycles. The van der Waals surface area contributed by atoms with Crippen LogP contribution in [0, 0.1) is 0 Å². The highest BCUT2D eigenvalue weighted by molar-refractivity contribution is 9.10. The van der Waals surface area contributed by atoms with Gasteiger partial charge in [-0.15, -0.1) is 0 Å². The number of rotatable bonds is 4. The number of morpholine rings is 1. The second kappa shape index (κ2) is 8.32. The fraction of sp³-hybridized carbons (Fsp3) is 0.611. The molecule has 0 bridgehead atoms. The van der Waals surface area contributed by atoms with E-state index in [2.05, 4.69) is 67.4 Å². The third-order valence-electron chi connectivity index (χ3n) is 4.86. The Morgan fingerprint density at radius 3 is 2.96 bits per heavy atom. The van der Waals surface area contributed by atoms with Crippen molar-refractivity contribution in [2.45, 2.75) is 31.5 Å². The maximum atomic E-state index is 6.02. The second-order valence-corrected chi connectivity index (χ2v) is 7.57. The van der Waals surface area contributed by atoms with Crippen molar-refractivity contribution in [2.24, 2.45) is 4.99 Å². The molecule has 0 aliphatic carbocycles. The number of nitrogens with one attached hydrogen (secondary N) is 1. The molecule has 0 spiro atoms. The van der Waals surface area contributed by atoms with Gasteiger partial charge in [0.1, 0.15) is 0 Å². The summed E-state index contributed by atoms with van der Waals surface area (Å²) in [5.74, 6) is 0.907. The van der Waals surface area contributed by atoms with Crippen LogP contribution in [0.15, 0.2) is 33.7 Å². The van der Waals surface area contributed by atoms with E-state index < -0.39 is 0 Å². The molecule has 24 heavy (non-hydrogen) atoms. The quantitative estimate of drug-likeness (QED) is 0.628. The predicted molar refractivity (Wildman–Crippen MR) is 101 cm³/mol. The van der Waals surface area contributed by atoms with E-state index in [1.165, 1.54) is 24.9 Å². The zero-order valence-electron chi connectivity index (χ0n) is 14.5. The summed E-state index contributed by atoms with van der Waals surface area (Å²) in [6.07, 6.45) is 2.85. The van der Waals surface area contributed by atoms with Gasteiger partial charge < -0.3 is 15.0 Å².